The van der Waals surface area contributed by atoms with Crippen LogP contribution in [0.15, 0.2) is 49.1 Å². The molecule has 1 N–H and O–H groups in total. The number of aliphatic hydroxyl groups is 1. The van der Waals surface area contributed by atoms with Crippen molar-refractivity contribution in [1.82, 2.24) is 0 Å². The standard InChI is InChI=1S/C12H14OS/c1-3-6-10-7-5-9-12(13)11(10,14-12)8-4-2/h3-5,7,9,13H,1-2,6,8H2. The van der Waals surface area contributed by atoms with E-state index in [1.807, 2.05) is 24.3 Å². The maximum Gasteiger partial charge on any atom is 0.149 e. The van der Waals surface area contributed by atoms with E-state index in [0.29, 0.717) is 0 Å². The van der Waals surface area contributed by atoms with E-state index in [1.54, 1.807) is 11.8 Å². The van der Waals surface area contributed by atoms with Crippen molar-refractivity contribution in [1.29, 1.82) is 0 Å². The van der Waals surface area contributed by atoms with Crippen molar-refractivity contribution in [2.24, 2.45) is 0 Å². The van der Waals surface area contributed by atoms with E-state index in [9.17, 15) is 5.11 Å². The fraction of sp³-hybridized carbons (Fsp3) is 0.333. The Balaban J connectivity index is 2.31. The molecule has 1 nitrogen and oxygen atoms in total. The molecule has 0 aromatic heterocycles. The summed E-state index contributed by atoms with van der Waals surface area (Å²) in [7, 11) is 0. The SMILES string of the molecule is C=CCC1=CC=CC2(O)SC12CC=C. The number of rotatable bonds is 4. The fourth-order valence-corrected chi connectivity index (χ4v) is 3.44. The Morgan fingerprint density at radius 1 is 1.43 bits per heavy atom. The van der Waals surface area contributed by atoms with Crippen LogP contribution >= 0.6 is 11.8 Å². The zero-order chi connectivity index (χ0) is 10.2. The zero-order valence-corrected chi connectivity index (χ0v) is 8.89. The summed E-state index contributed by atoms with van der Waals surface area (Å²) in [6.07, 6.45) is 11.3. The molecular formula is C12H14OS. The predicted molar refractivity (Wildman–Crippen MR) is 62.1 cm³/mol. The first-order valence-electron chi connectivity index (χ1n) is 4.72. The van der Waals surface area contributed by atoms with Crippen LogP contribution in [-0.4, -0.2) is 14.8 Å². The molecule has 2 aliphatic rings. The molecular weight excluding hydrogens is 192 g/mol. The molecule has 1 saturated heterocycles. The topological polar surface area (TPSA) is 20.2 Å². The van der Waals surface area contributed by atoms with E-state index >= 15 is 0 Å². The summed E-state index contributed by atoms with van der Waals surface area (Å²) in [6, 6.07) is 0. The van der Waals surface area contributed by atoms with E-state index in [-0.39, 0.29) is 4.75 Å². The van der Waals surface area contributed by atoms with Crippen molar-refractivity contribution in [2.75, 3.05) is 0 Å². The quantitative estimate of drug-likeness (QED) is 0.564. The van der Waals surface area contributed by atoms with Crippen LogP contribution in [0.5, 0.6) is 0 Å². The zero-order valence-electron chi connectivity index (χ0n) is 8.07. The summed E-state index contributed by atoms with van der Waals surface area (Å²) < 4.78 is -0.141. The van der Waals surface area contributed by atoms with Gasteiger partial charge in [0.05, 0.1) is 4.75 Å². The Bertz CT molecular complexity index is 342. The van der Waals surface area contributed by atoms with Crippen LogP contribution in [0.25, 0.3) is 0 Å². The summed E-state index contributed by atoms with van der Waals surface area (Å²) in [5.41, 5.74) is 1.25. The Labute approximate surface area is 88.9 Å². The second-order valence-corrected chi connectivity index (χ2v) is 5.19. The van der Waals surface area contributed by atoms with Gasteiger partial charge in [0, 0.05) is 0 Å². The highest BCUT2D eigenvalue weighted by atomic mass is 32.2. The monoisotopic (exact) mass is 206 g/mol. The number of hydrogen-bond acceptors (Lipinski definition) is 2. The normalized spacial score (nSPS) is 38.5. The Hall–Kier alpha value is -0.730. The number of hydrogen-bond donors (Lipinski definition) is 1. The average Bonchev–Trinajstić information content (AvgIpc) is 2.74. The Morgan fingerprint density at radius 2 is 2.21 bits per heavy atom. The molecule has 0 amide bonds. The molecule has 1 aliphatic carbocycles. The fourth-order valence-electron chi connectivity index (χ4n) is 2.04. The van der Waals surface area contributed by atoms with Crippen LogP contribution in [0.3, 0.4) is 0 Å². The number of fused-ring (bicyclic) bond motifs is 1. The molecule has 0 aromatic rings. The van der Waals surface area contributed by atoms with Crippen molar-refractivity contribution in [2.45, 2.75) is 22.5 Å². The van der Waals surface area contributed by atoms with Crippen LogP contribution in [0.4, 0.5) is 0 Å². The molecule has 14 heavy (non-hydrogen) atoms. The van der Waals surface area contributed by atoms with E-state index in [0.717, 1.165) is 12.8 Å². The lowest BCUT2D eigenvalue weighted by molar-refractivity contribution is 0.194. The van der Waals surface area contributed by atoms with Gasteiger partial charge >= 0.3 is 0 Å². The smallest absolute Gasteiger partial charge is 0.149 e. The molecule has 2 heteroatoms. The molecule has 2 unspecified atom stereocenters. The van der Waals surface area contributed by atoms with Crippen LogP contribution in [0.2, 0.25) is 0 Å². The van der Waals surface area contributed by atoms with Gasteiger partial charge in [-0.05, 0) is 24.5 Å². The molecule has 74 valence electrons. The first kappa shape index (κ1) is 9.81. The van der Waals surface area contributed by atoms with E-state index in [1.165, 1.54) is 5.57 Å². The summed E-state index contributed by atoms with van der Waals surface area (Å²) in [5.74, 6) is 0. The molecule has 1 aliphatic heterocycles. The highest BCUT2D eigenvalue weighted by Crippen LogP contribution is 2.70. The first-order chi connectivity index (χ1) is 6.68. The van der Waals surface area contributed by atoms with Gasteiger partial charge in [0.1, 0.15) is 4.93 Å². The molecule has 2 atom stereocenters. The minimum atomic E-state index is -0.686. The van der Waals surface area contributed by atoms with Crippen molar-refractivity contribution in [3.63, 3.8) is 0 Å². The molecule has 1 fully saturated rings. The highest BCUT2D eigenvalue weighted by Gasteiger charge is 2.68. The number of thioether (sulfide) groups is 1. The van der Waals surface area contributed by atoms with Crippen molar-refractivity contribution in [3.05, 3.63) is 49.1 Å². The molecule has 0 spiro atoms. The summed E-state index contributed by atoms with van der Waals surface area (Å²) in [4.78, 5) is -0.686. The van der Waals surface area contributed by atoms with Crippen molar-refractivity contribution < 1.29 is 5.11 Å². The van der Waals surface area contributed by atoms with Crippen LogP contribution in [-0.2, 0) is 0 Å². The van der Waals surface area contributed by atoms with Gasteiger partial charge in [0.25, 0.3) is 0 Å². The lowest BCUT2D eigenvalue weighted by atomic mass is 9.85. The highest BCUT2D eigenvalue weighted by molar-refractivity contribution is 8.10. The van der Waals surface area contributed by atoms with Gasteiger partial charge in [-0.15, -0.1) is 24.9 Å². The van der Waals surface area contributed by atoms with E-state index in [4.69, 9.17) is 0 Å². The summed E-state index contributed by atoms with van der Waals surface area (Å²) in [6.45, 7) is 7.49. The van der Waals surface area contributed by atoms with Gasteiger partial charge in [-0.3, -0.25) is 0 Å². The Morgan fingerprint density at radius 3 is 2.86 bits per heavy atom. The largest absolute Gasteiger partial charge is 0.374 e. The van der Waals surface area contributed by atoms with E-state index < -0.39 is 4.93 Å². The van der Waals surface area contributed by atoms with Gasteiger partial charge < -0.3 is 5.11 Å². The third-order valence-electron chi connectivity index (χ3n) is 2.80. The summed E-state index contributed by atoms with van der Waals surface area (Å²) in [5, 5.41) is 10.2. The third kappa shape index (κ3) is 1.14. The van der Waals surface area contributed by atoms with Crippen LogP contribution in [0, 0.1) is 0 Å². The average molecular weight is 206 g/mol. The minimum absolute atomic E-state index is 0.141. The second-order valence-electron chi connectivity index (χ2n) is 3.66. The molecule has 2 rings (SSSR count). The maximum atomic E-state index is 10.2. The molecule has 0 aromatic carbocycles. The van der Waals surface area contributed by atoms with Gasteiger partial charge in [0.2, 0.25) is 0 Å². The molecule has 0 radical (unpaired) electrons. The van der Waals surface area contributed by atoms with Crippen LogP contribution in [0.1, 0.15) is 12.8 Å². The van der Waals surface area contributed by atoms with E-state index in [2.05, 4.69) is 19.2 Å². The first-order valence-corrected chi connectivity index (χ1v) is 5.53. The van der Waals surface area contributed by atoms with Gasteiger partial charge in [0.15, 0.2) is 0 Å². The number of allylic oxidation sites excluding steroid dienone is 4. The minimum Gasteiger partial charge on any atom is -0.374 e. The van der Waals surface area contributed by atoms with Gasteiger partial charge in [-0.25, -0.2) is 0 Å². The molecule has 0 saturated carbocycles. The maximum absolute atomic E-state index is 10.2. The van der Waals surface area contributed by atoms with Gasteiger partial charge in [-0.2, -0.15) is 0 Å². The van der Waals surface area contributed by atoms with Crippen LogP contribution < -0.4 is 0 Å². The van der Waals surface area contributed by atoms with Crippen molar-refractivity contribution in [3.8, 4) is 0 Å². The van der Waals surface area contributed by atoms with Crippen molar-refractivity contribution >= 4 is 11.8 Å². The predicted octanol–water partition coefficient (Wildman–Crippen LogP) is 2.81. The molecule has 0 bridgehead atoms. The summed E-state index contributed by atoms with van der Waals surface area (Å²) >= 11 is 1.60. The third-order valence-corrected chi connectivity index (χ3v) is 4.48. The lowest BCUT2D eigenvalue weighted by Gasteiger charge is -2.21. The lowest BCUT2D eigenvalue weighted by Crippen LogP contribution is -2.27. The molecule has 1 heterocycles. The second kappa shape index (κ2) is 3.14. The van der Waals surface area contributed by atoms with Gasteiger partial charge in [-0.1, -0.05) is 24.3 Å². The Kier molecular flexibility index (Phi) is 2.20.